The minimum Gasteiger partial charge on any atom is -0.410 e. The highest BCUT2D eigenvalue weighted by atomic mass is 35.5. The minimum atomic E-state index is -0.351. The summed E-state index contributed by atoms with van der Waals surface area (Å²) in [6, 6.07) is 16.9. The van der Waals surface area contributed by atoms with Crippen LogP contribution in [0.1, 0.15) is 23.8 Å². The van der Waals surface area contributed by atoms with Crippen LogP contribution < -0.4 is 9.64 Å². The van der Waals surface area contributed by atoms with E-state index in [4.69, 9.17) is 26.2 Å². The summed E-state index contributed by atoms with van der Waals surface area (Å²) >= 11 is 7.46. The molecule has 1 unspecified atom stereocenters. The Morgan fingerprint density at radius 3 is 2.56 bits per heavy atom. The lowest BCUT2D eigenvalue weighted by atomic mass is 10.0. The number of carbonyl (C=O) groups is 1. The molecule has 2 aliphatic heterocycles. The Labute approximate surface area is 194 Å². The predicted octanol–water partition coefficient (Wildman–Crippen LogP) is 4.98. The summed E-state index contributed by atoms with van der Waals surface area (Å²) in [7, 11) is 0. The SMILES string of the molecule is O=C(Oc1ccc(Cl)cc1)N1CCN(c2nc(C3=NOC(c4ccccc4)C3)cs2)CC1. The van der Waals surface area contributed by atoms with Crippen molar-refractivity contribution in [1.29, 1.82) is 0 Å². The van der Waals surface area contributed by atoms with E-state index in [0.717, 1.165) is 22.1 Å². The van der Waals surface area contributed by atoms with Crippen LogP contribution >= 0.6 is 22.9 Å². The number of nitrogens with zero attached hydrogens (tertiary/aromatic N) is 4. The van der Waals surface area contributed by atoms with Crippen molar-refractivity contribution in [3.8, 4) is 5.75 Å². The maximum atomic E-state index is 12.4. The highest BCUT2D eigenvalue weighted by molar-refractivity contribution is 7.14. The van der Waals surface area contributed by atoms with Crippen molar-refractivity contribution >= 4 is 39.9 Å². The molecular formula is C23H21ClN4O3S. The van der Waals surface area contributed by atoms with Crippen molar-refractivity contribution in [2.75, 3.05) is 31.1 Å². The molecule has 1 saturated heterocycles. The third kappa shape index (κ3) is 4.56. The fourth-order valence-corrected chi connectivity index (χ4v) is 4.68. The van der Waals surface area contributed by atoms with E-state index in [9.17, 15) is 4.79 Å². The number of ether oxygens (including phenoxy) is 1. The van der Waals surface area contributed by atoms with Crippen LogP contribution in [0, 0.1) is 0 Å². The normalized spacial score (nSPS) is 18.3. The third-order valence-corrected chi connectivity index (χ3v) is 6.61. The number of benzene rings is 2. The topological polar surface area (TPSA) is 67.3 Å². The molecule has 0 bridgehead atoms. The molecule has 2 aliphatic rings. The number of oxime groups is 1. The fourth-order valence-electron chi connectivity index (χ4n) is 3.67. The Hall–Kier alpha value is -3.10. The highest BCUT2D eigenvalue weighted by Gasteiger charge is 2.27. The van der Waals surface area contributed by atoms with Crippen LogP contribution in [0.4, 0.5) is 9.93 Å². The Kier molecular flexibility index (Phi) is 5.96. The van der Waals surface area contributed by atoms with Crippen LogP contribution in [0.25, 0.3) is 0 Å². The number of hydrogen-bond donors (Lipinski definition) is 0. The molecule has 0 saturated carbocycles. The van der Waals surface area contributed by atoms with Gasteiger partial charge in [-0.05, 0) is 29.8 Å². The van der Waals surface area contributed by atoms with Crippen molar-refractivity contribution in [2.45, 2.75) is 12.5 Å². The third-order valence-electron chi connectivity index (χ3n) is 5.46. The Morgan fingerprint density at radius 2 is 1.81 bits per heavy atom. The second-order valence-electron chi connectivity index (χ2n) is 7.56. The van der Waals surface area contributed by atoms with E-state index < -0.39 is 0 Å². The van der Waals surface area contributed by atoms with Crippen LogP contribution in [-0.2, 0) is 4.84 Å². The van der Waals surface area contributed by atoms with Gasteiger partial charge in [0.25, 0.3) is 0 Å². The first-order valence-electron chi connectivity index (χ1n) is 10.4. The van der Waals surface area contributed by atoms with Gasteiger partial charge < -0.3 is 19.4 Å². The van der Waals surface area contributed by atoms with Gasteiger partial charge >= 0.3 is 6.09 Å². The van der Waals surface area contributed by atoms with Gasteiger partial charge in [-0.25, -0.2) is 9.78 Å². The van der Waals surface area contributed by atoms with E-state index in [2.05, 4.69) is 10.1 Å². The maximum absolute atomic E-state index is 12.4. The average molecular weight is 469 g/mol. The molecule has 9 heteroatoms. The molecule has 0 N–H and O–H groups in total. The lowest BCUT2D eigenvalue weighted by Crippen LogP contribution is -2.49. The number of aromatic nitrogens is 1. The fraction of sp³-hybridized carbons (Fsp3) is 0.261. The number of amides is 1. The van der Waals surface area contributed by atoms with Crippen molar-refractivity contribution in [1.82, 2.24) is 9.88 Å². The molecule has 1 amide bonds. The molecule has 1 fully saturated rings. The van der Waals surface area contributed by atoms with Crippen molar-refractivity contribution in [3.05, 3.63) is 76.3 Å². The maximum Gasteiger partial charge on any atom is 0.415 e. The molecule has 0 radical (unpaired) electrons. The summed E-state index contributed by atoms with van der Waals surface area (Å²) in [4.78, 5) is 26.7. The van der Waals surface area contributed by atoms with E-state index in [1.165, 1.54) is 0 Å². The largest absolute Gasteiger partial charge is 0.415 e. The summed E-state index contributed by atoms with van der Waals surface area (Å²) in [5.74, 6) is 0.486. The van der Waals surface area contributed by atoms with Crippen LogP contribution in [0.3, 0.4) is 0 Å². The number of halogens is 1. The van der Waals surface area contributed by atoms with Gasteiger partial charge in [0.2, 0.25) is 0 Å². The van der Waals surface area contributed by atoms with Gasteiger partial charge in [0.05, 0.1) is 0 Å². The van der Waals surface area contributed by atoms with E-state index >= 15 is 0 Å². The Balaban J connectivity index is 1.15. The molecule has 3 heterocycles. The first-order chi connectivity index (χ1) is 15.7. The van der Waals surface area contributed by atoms with Gasteiger partial charge in [-0.3, -0.25) is 0 Å². The van der Waals surface area contributed by atoms with E-state index in [-0.39, 0.29) is 12.2 Å². The standard InChI is InChI=1S/C23H21ClN4O3S/c24-17-6-8-18(9-7-17)30-23(29)28-12-10-27(11-13-28)22-25-20(15-32-22)19-14-21(31-26-19)16-4-2-1-3-5-16/h1-9,15,21H,10-14H2. The molecule has 5 rings (SSSR count). The molecule has 3 aromatic rings. The summed E-state index contributed by atoms with van der Waals surface area (Å²) in [6.07, 6.45) is 0.292. The summed E-state index contributed by atoms with van der Waals surface area (Å²) < 4.78 is 5.44. The molecule has 1 aromatic heterocycles. The van der Waals surface area contributed by atoms with Crippen LogP contribution in [0.5, 0.6) is 5.75 Å². The van der Waals surface area contributed by atoms with Gasteiger partial charge in [-0.1, -0.05) is 47.1 Å². The van der Waals surface area contributed by atoms with Crippen molar-refractivity contribution in [3.63, 3.8) is 0 Å². The van der Waals surface area contributed by atoms with Crippen LogP contribution in [0.2, 0.25) is 5.02 Å². The number of hydrogen-bond acceptors (Lipinski definition) is 7. The quantitative estimate of drug-likeness (QED) is 0.540. The smallest absolute Gasteiger partial charge is 0.410 e. The zero-order valence-electron chi connectivity index (χ0n) is 17.2. The molecule has 7 nitrogen and oxygen atoms in total. The zero-order chi connectivity index (χ0) is 21.9. The van der Waals surface area contributed by atoms with Crippen molar-refractivity contribution in [2.24, 2.45) is 5.16 Å². The van der Waals surface area contributed by atoms with E-state index in [1.807, 2.05) is 35.7 Å². The number of anilines is 1. The van der Waals surface area contributed by atoms with Gasteiger partial charge in [0.15, 0.2) is 11.2 Å². The van der Waals surface area contributed by atoms with Crippen LogP contribution in [0.15, 0.2) is 65.1 Å². The van der Waals surface area contributed by atoms with E-state index in [1.54, 1.807) is 40.5 Å². The average Bonchev–Trinajstić information content (AvgIpc) is 3.51. The molecule has 2 aromatic carbocycles. The Bertz CT molecular complexity index is 1110. The Morgan fingerprint density at radius 1 is 1.06 bits per heavy atom. The van der Waals surface area contributed by atoms with Crippen molar-refractivity contribution < 1.29 is 14.4 Å². The van der Waals surface area contributed by atoms with Gasteiger partial charge in [0, 0.05) is 43.0 Å². The predicted molar refractivity (Wildman–Crippen MR) is 125 cm³/mol. The first kappa shape index (κ1) is 20.8. The van der Waals surface area contributed by atoms with Crippen LogP contribution in [-0.4, -0.2) is 47.9 Å². The monoisotopic (exact) mass is 468 g/mol. The summed E-state index contributed by atoms with van der Waals surface area (Å²) in [6.45, 7) is 2.53. The number of thiazole rings is 1. The van der Waals surface area contributed by atoms with E-state index in [0.29, 0.717) is 43.4 Å². The minimum absolute atomic E-state index is 0.0634. The lowest BCUT2D eigenvalue weighted by molar-refractivity contribution is 0.0857. The number of carbonyl (C=O) groups excluding carboxylic acids is 1. The summed E-state index contributed by atoms with van der Waals surface area (Å²) in [5.41, 5.74) is 2.84. The molecule has 164 valence electrons. The first-order valence-corrected chi connectivity index (χ1v) is 11.6. The second-order valence-corrected chi connectivity index (χ2v) is 8.83. The number of piperazine rings is 1. The molecule has 1 atom stereocenters. The molecule has 32 heavy (non-hydrogen) atoms. The summed E-state index contributed by atoms with van der Waals surface area (Å²) in [5, 5.41) is 7.82. The van der Waals surface area contributed by atoms with Gasteiger partial charge in [-0.15, -0.1) is 11.3 Å². The molecular weight excluding hydrogens is 448 g/mol. The number of rotatable bonds is 4. The van der Waals surface area contributed by atoms with Gasteiger partial charge in [0.1, 0.15) is 17.2 Å². The molecule has 0 aliphatic carbocycles. The van der Waals surface area contributed by atoms with Gasteiger partial charge in [-0.2, -0.15) is 0 Å². The second kappa shape index (κ2) is 9.18. The lowest BCUT2D eigenvalue weighted by Gasteiger charge is -2.33. The zero-order valence-corrected chi connectivity index (χ0v) is 18.8. The highest BCUT2D eigenvalue weighted by Crippen LogP contribution is 2.31. The molecule has 0 spiro atoms.